The molecule has 8 heteroatoms. The first kappa shape index (κ1) is 19.2. The number of nitrogens with zero attached hydrogens (tertiary/aromatic N) is 4. The number of nitriles is 1. The van der Waals surface area contributed by atoms with E-state index in [-0.39, 0.29) is 11.5 Å². The van der Waals surface area contributed by atoms with Crippen LogP contribution in [0.4, 0.5) is 5.82 Å². The highest BCUT2D eigenvalue weighted by molar-refractivity contribution is 5.99. The zero-order chi connectivity index (χ0) is 19.1. The molecule has 1 atom stereocenters. The smallest absolute Gasteiger partial charge is 0.326 e. The van der Waals surface area contributed by atoms with Crippen LogP contribution in [0.2, 0.25) is 0 Å². The fourth-order valence-corrected chi connectivity index (χ4v) is 2.67. The standard InChI is InChI=1S/C18H23N5O3/c1-13(2)16(18(25)26)21-17(24)14(11-19)12-22-7-9-23(10-8-22)15-5-3-4-6-20-15/h3-6,12-13,16H,7-10H2,1-2H3,(H,21,24)(H,25,26)/b14-12-. The Balaban J connectivity index is 1.98. The number of carboxylic acid groups (broad SMARTS) is 1. The van der Waals surface area contributed by atoms with Crippen molar-refractivity contribution in [3.05, 3.63) is 36.2 Å². The number of nitrogens with one attached hydrogen (secondary N) is 1. The van der Waals surface area contributed by atoms with Gasteiger partial charge in [-0.1, -0.05) is 19.9 Å². The molecule has 1 amide bonds. The van der Waals surface area contributed by atoms with Gasteiger partial charge in [0.1, 0.15) is 23.5 Å². The van der Waals surface area contributed by atoms with E-state index in [1.807, 2.05) is 29.2 Å². The van der Waals surface area contributed by atoms with Crippen LogP contribution in [0.15, 0.2) is 36.2 Å². The van der Waals surface area contributed by atoms with Gasteiger partial charge in [0.15, 0.2) is 0 Å². The van der Waals surface area contributed by atoms with Crippen LogP contribution >= 0.6 is 0 Å². The minimum Gasteiger partial charge on any atom is -0.480 e. The fourth-order valence-electron chi connectivity index (χ4n) is 2.67. The maximum atomic E-state index is 12.2. The average Bonchev–Trinajstić information content (AvgIpc) is 2.64. The molecule has 1 aliphatic heterocycles. The van der Waals surface area contributed by atoms with Crippen LogP contribution in [0.1, 0.15) is 13.8 Å². The average molecular weight is 357 g/mol. The summed E-state index contributed by atoms with van der Waals surface area (Å²) in [6.07, 6.45) is 3.25. The van der Waals surface area contributed by atoms with Gasteiger partial charge < -0.3 is 20.2 Å². The lowest BCUT2D eigenvalue weighted by Gasteiger charge is -2.34. The second kappa shape index (κ2) is 8.85. The predicted molar refractivity (Wildman–Crippen MR) is 96.1 cm³/mol. The predicted octanol–water partition coefficient (Wildman–Crippen LogP) is 0.836. The van der Waals surface area contributed by atoms with Crippen molar-refractivity contribution in [2.24, 2.45) is 5.92 Å². The number of carbonyl (C=O) groups is 2. The van der Waals surface area contributed by atoms with Gasteiger partial charge in [-0.25, -0.2) is 9.78 Å². The number of aromatic nitrogens is 1. The molecular weight excluding hydrogens is 334 g/mol. The molecule has 0 saturated carbocycles. The van der Waals surface area contributed by atoms with Gasteiger partial charge in [0.2, 0.25) is 0 Å². The Kier molecular flexibility index (Phi) is 6.55. The van der Waals surface area contributed by atoms with Crippen molar-refractivity contribution in [2.45, 2.75) is 19.9 Å². The van der Waals surface area contributed by atoms with Crippen molar-refractivity contribution in [2.75, 3.05) is 31.1 Å². The number of piperazine rings is 1. The molecule has 1 saturated heterocycles. The number of anilines is 1. The van der Waals surface area contributed by atoms with Crippen molar-refractivity contribution in [1.82, 2.24) is 15.2 Å². The number of carboxylic acids is 1. The first-order valence-corrected chi connectivity index (χ1v) is 8.48. The maximum absolute atomic E-state index is 12.2. The SMILES string of the molecule is CC(C)C(NC(=O)/C(C#N)=C\N1CCN(c2ccccn2)CC1)C(=O)O. The van der Waals surface area contributed by atoms with Crippen molar-refractivity contribution in [1.29, 1.82) is 5.26 Å². The Bertz CT molecular complexity index is 703. The third-order valence-electron chi connectivity index (χ3n) is 4.18. The minimum atomic E-state index is -1.12. The molecule has 0 aliphatic carbocycles. The van der Waals surface area contributed by atoms with Crippen LogP contribution in [-0.4, -0.2) is 59.1 Å². The Labute approximate surface area is 152 Å². The lowest BCUT2D eigenvalue weighted by molar-refractivity contribution is -0.142. The maximum Gasteiger partial charge on any atom is 0.326 e. The van der Waals surface area contributed by atoms with Crippen molar-refractivity contribution < 1.29 is 14.7 Å². The summed E-state index contributed by atoms with van der Waals surface area (Å²) < 4.78 is 0. The number of amides is 1. The molecule has 1 aromatic rings. The molecule has 1 unspecified atom stereocenters. The minimum absolute atomic E-state index is 0.0943. The lowest BCUT2D eigenvalue weighted by Crippen LogP contribution is -2.46. The van der Waals surface area contributed by atoms with Gasteiger partial charge in [0, 0.05) is 38.6 Å². The largest absolute Gasteiger partial charge is 0.480 e. The molecule has 1 aromatic heterocycles. The van der Waals surface area contributed by atoms with Crippen LogP contribution in [0.5, 0.6) is 0 Å². The number of aliphatic carboxylic acids is 1. The molecule has 26 heavy (non-hydrogen) atoms. The van der Waals surface area contributed by atoms with E-state index in [1.165, 1.54) is 6.20 Å². The van der Waals surface area contributed by atoms with E-state index in [4.69, 9.17) is 5.11 Å². The van der Waals surface area contributed by atoms with Gasteiger partial charge in [-0.15, -0.1) is 0 Å². The van der Waals surface area contributed by atoms with E-state index in [0.717, 1.165) is 18.9 Å². The van der Waals surface area contributed by atoms with Crippen LogP contribution in [-0.2, 0) is 9.59 Å². The van der Waals surface area contributed by atoms with Crippen molar-refractivity contribution >= 4 is 17.7 Å². The Morgan fingerprint density at radius 1 is 1.31 bits per heavy atom. The second-order valence-electron chi connectivity index (χ2n) is 6.40. The van der Waals surface area contributed by atoms with Gasteiger partial charge in [-0.05, 0) is 18.1 Å². The van der Waals surface area contributed by atoms with Crippen LogP contribution < -0.4 is 10.2 Å². The van der Waals surface area contributed by atoms with Crippen LogP contribution in [0.3, 0.4) is 0 Å². The second-order valence-corrected chi connectivity index (χ2v) is 6.40. The van der Waals surface area contributed by atoms with E-state index in [2.05, 4.69) is 15.2 Å². The lowest BCUT2D eigenvalue weighted by atomic mass is 10.0. The normalized spacial score (nSPS) is 16.2. The number of hydrogen-bond donors (Lipinski definition) is 2. The topological polar surface area (TPSA) is 110 Å². The summed E-state index contributed by atoms with van der Waals surface area (Å²) in [5.41, 5.74) is -0.0943. The van der Waals surface area contributed by atoms with Gasteiger partial charge in [-0.3, -0.25) is 4.79 Å². The first-order chi connectivity index (χ1) is 12.4. The van der Waals surface area contributed by atoms with E-state index in [0.29, 0.717) is 13.1 Å². The summed E-state index contributed by atoms with van der Waals surface area (Å²) in [6.45, 7) is 6.12. The number of hydrogen-bond acceptors (Lipinski definition) is 6. The molecule has 2 N–H and O–H groups in total. The van der Waals surface area contributed by atoms with Gasteiger partial charge in [0.05, 0.1) is 0 Å². The van der Waals surface area contributed by atoms with Crippen LogP contribution in [0.25, 0.3) is 0 Å². The van der Waals surface area contributed by atoms with E-state index >= 15 is 0 Å². The molecule has 1 aliphatic rings. The molecule has 2 rings (SSSR count). The highest BCUT2D eigenvalue weighted by Crippen LogP contribution is 2.13. The summed E-state index contributed by atoms with van der Waals surface area (Å²) in [4.78, 5) is 31.8. The monoisotopic (exact) mass is 357 g/mol. The van der Waals surface area contributed by atoms with E-state index in [1.54, 1.807) is 20.0 Å². The third kappa shape index (κ3) is 4.96. The summed E-state index contributed by atoms with van der Waals surface area (Å²) in [6, 6.07) is 6.57. The van der Waals surface area contributed by atoms with Gasteiger partial charge in [-0.2, -0.15) is 5.26 Å². The highest BCUT2D eigenvalue weighted by Gasteiger charge is 2.25. The van der Waals surface area contributed by atoms with Crippen molar-refractivity contribution in [3.8, 4) is 6.07 Å². The quantitative estimate of drug-likeness (QED) is 0.573. The Morgan fingerprint density at radius 3 is 2.50 bits per heavy atom. The molecule has 2 heterocycles. The third-order valence-corrected chi connectivity index (χ3v) is 4.18. The Hall–Kier alpha value is -3.08. The molecule has 0 aromatic carbocycles. The highest BCUT2D eigenvalue weighted by atomic mass is 16.4. The number of carbonyl (C=O) groups excluding carboxylic acids is 1. The first-order valence-electron chi connectivity index (χ1n) is 8.48. The zero-order valence-corrected chi connectivity index (χ0v) is 14.9. The summed E-state index contributed by atoms with van der Waals surface area (Å²) in [5, 5.41) is 20.9. The summed E-state index contributed by atoms with van der Waals surface area (Å²) >= 11 is 0. The zero-order valence-electron chi connectivity index (χ0n) is 14.9. The molecule has 0 radical (unpaired) electrons. The number of pyridine rings is 1. The fraction of sp³-hybridized carbons (Fsp3) is 0.444. The molecular formula is C18H23N5O3. The van der Waals surface area contributed by atoms with Gasteiger partial charge in [0.25, 0.3) is 5.91 Å². The summed E-state index contributed by atoms with van der Waals surface area (Å²) in [7, 11) is 0. The molecule has 0 spiro atoms. The van der Waals surface area contributed by atoms with E-state index in [9.17, 15) is 14.9 Å². The number of rotatable bonds is 6. The molecule has 1 fully saturated rings. The molecule has 138 valence electrons. The summed E-state index contributed by atoms with van der Waals surface area (Å²) in [5.74, 6) is -1.16. The van der Waals surface area contributed by atoms with Gasteiger partial charge >= 0.3 is 5.97 Å². The molecule has 0 bridgehead atoms. The Morgan fingerprint density at radius 2 is 2.00 bits per heavy atom. The molecule has 8 nitrogen and oxygen atoms in total. The van der Waals surface area contributed by atoms with E-state index < -0.39 is 17.9 Å². The van der Waals surface area contributed by atoms with Crippen molar-refractivity contribution in [3.63, 3.8) is 0 Å². The van der Waals surface area contributed by atoms with Crippen LogP contribution in [0, 0.1) is 17.2 Å².